The smallest absolute Gasteiger partial charge is 0.335 e. The molecule has 4 heteroatoms. The standard InChI is InChI=1S/C8H11NO3/c1-12-8(11)7(10)5-6-3-2-4-9-6/h2-4,7,9-10H,5H2,1H3. The molecule has 1 aromatic rings. The summed E-state index contributed by atoms with van der Waals surface area (Å²) >= 11 is 0. The summed E-state index contributed by atoms with van der Waals surface area (Å²) in [5.41, 5.74) is 0.813. The molecule has 0 aliphatic heterocycles. The quantitative estimate of drug-likeness (QED) is 0.630. The van der Waals surface area contributed by atoms with Gasteiger partial charge in [0.2, 0.25) is 0 Å². The molecular formula is C8H11NO3. The molecule has 0 aromatic carbocycles. The molecule has 0 amide bonds. The third-order valence-electron chi connectivity index (χ3n) is 1.55. The number of rotatable bonds is 3. The van der Waals surface area contributed by atoms with Gasteiger partial charge in [-0.05, 0) is 12.1 Å². The molecule has 0 saturated carbocycles. The molecule has 2 N–H and O–H groups in total. The van der Waals surface area contributed by atoms with Crippen molar-refractivity contribution < 1.29 is 14.6 Å². The van der Waals surface area contributed by atoms with E-state index in [1.54, 1.807) is 18.3 Å². The number of carbonyl (C=O) groups excluding carboxylic acids is 1. The van der Waals surface area contributed by atoms with E-state index in [0.29, 0.717) is 0 Å². The highest BCUT2D eigenvalue weighted by atomic mass is 16.5. The first-order valence-corrected chi connectivity index (χ1v) is 3.62. The zero-order valence-corrected chi connectivity index (χ0v) is 6.78. The molecule has 1 rings (SSSR count). The van der Waals surface area contributed by atoms with E-state index in [9.17, 15) is 9.90 Å². The number of carbonyl (C=O) groups is 1. The van der Waals surface area contributed by atoms with Crippen LogP contribution in [0.25, 0.3) is 0 Å². The number of ether oxygens (including phenoxy) is 1. The van der Waals surface area contributed by atoms with Crippen LogP contribution in [-0.4, -0.2) is 29.3 Å². The molecule has 1 heterocycles. The maximum atomic E-state index is 10.8. The summed E-state index contributed by atoms with van der Waals surface area (Å²) in [6, 6.07) is 3.60. The average Bonchev–Trinajstić information content (AvgIpc) is 2.55. The summed E-state index contributed by atoms with van der Waals surface area (Å²) in [6.45, 7) is 0. The number of hydrogen-bond donors (Lipinski definition) is 2. The van der Waals surface area contributed by atoms with Crippen molar-refractivity contribution in [2.45, 2.75) is 12.5 Å². The van der Waals surface area contributed by atoms with E-state index in [1.807, 2.05) is 0 Å². The molecule has 0 bridgehead atoms. The molecule has 0 spiro atoms. The second-order valence-corrected chi connectivity index (χ2v) is 2.44. The third-order valence-corrected chi connectivity index (χ3v) is 1.55. The van der Waals surface area contributed by atoms with Gasteiger partial charge in [0, 0.05) is 18.3 Å². The number of H-pyrrole nitrogens is 1. The Morgan fingerprint density at radius 1 is 1.83 bits per heavy atom. The lowest BCUT2D eigenvalue weighted by atomic mass is 10.2. The Bertz CT molecular complexity index is 243. The van der Waals surface area contributed by atoms with Crippen molar-refractivity contribution in [2.75, 3.05) is 7.11 Å². The fraction of sp³-hybridized carbons (Fsp3) is 0.375. The van der Waals surface area contributed by atoms with Crippen LogP contribution in [0.4, 0.5) is 0 Å². The van der Waals surface area contributed by atoms with E-state index in [1.165, 1.54) is 7.11 Å². The molecule has 0 aliphatic rings. The Balaban J connectivity index is 2.47. The van der Waals surface area contributed by atoms with Crippen molar-refractivity contribution >= 4 is 5.97 Å². The largest absolute Gasteiger partial charge is 0.467 e. The molecule has 4 nitrogen and oxygen atoms in total. The fourth-order valence-corrected chi connectivity index (χ4v) is 0.922. The molecule has 0 aliphatic carbocycles. The van der Waals surface area contributed by atoms with Crippen LogP contribution in [0.2, 0.25) is 0 Å². The molecule has 1 atom stereocenters. The van der Waals surface area contributed by atoms with Gasteiger partial charge in [-0.25, -0.2) is 4.79 Å². The van der Waals surface area contributed by atoms with Crippen molar-refractivity contribution in [2.24, 2.45) is 0 Å². The van der Waals surface area contributed by atoms with E-state index in [4.69, 9.17) is 0 Å². The third kappa shape index (κ3) is 2.10. The van der Waals surface area contributed by atoms with Crippen molar-refractivity contribution in [1.29, 1.82) is 0 Å². The van der Waals surface area contributed by atoms with Gasteiger partial charge in [0.05, 0.1) is 7.11 Å². The number of nitrogens with one attached hydrogen (secondary N) is 1. The minimum Gasteiger partial charge on any atom is -0.467 e. The van der Waals surface area contributed by atoms with Gasteiger partial charge in [-0.1, -0.05) is 0 Å². The first-order chi connectivity index (χ1) is 5.74. The van der Waals surface area contributed by atoms with E-state index in [-0.39, 0.29) is 6.42 Å². The monoisotopic (exact) mass is 169 g/mol. The van der Waals surface area contributed by atoms with Gasteiger partial charge < -0.3 is 14.8 Å². The van der Waals surface area contributed by atoms with Gasteiger partial charge in [0.25, 0.3) is 0 Å². The predicted molar refractivity (Wildman–Crippen MR) is 42.5 cm³/mol. The Labute approximate surface area is 70.2 Å². The van der Waals surface area contributed by atoms with Crippen LogP contribution in [0.3, 0.4) is 0 Å². The van der Waals surface area contributed by atoms with Gasteiger partial charge in [-0.15, -0.1) is 0 Å². The number of methoxy groups -OCH3 is 1. The maximum absolute atomic E-state index is 10.8. The van der Waals surface area contributed by atoms with Crippen molar-refractivity contribution in [3.63, 3.8) is 0 Å². The highest BCUT2D eigenvalue weighted by Gasteiger charge is 2.15. The summed E-state index contributed by atoms with van der Waals surface area (Å²) in [4.78, 5) is 13.6. The van der Waals surface area contributed by atoms with Crippen LogP contribution < -0.4 is 0 Å². The van der Waals surface area contributed by atoms with Crippen LogP contribution in [0.15, 0.2) is 18.3 Å². The topological polar surface area (TPSA) is 62.3 Å². The Kier molecular flexibility index (Phi) is 2.88. The molecule has 66 valence electrons. The van der Waals surface area contributed by atoms with Crippen LogP contribution in [-0.2, 0) is 16.0 Å². The Hall–Kier alpha value is -1.29. The number of hydrogen-bond acceptors (Lipinski definition) is 3. The van der Waals surface area contributed by atoms with Crippen LogP contribution in [0.1, 0.15) is 5.69 Å². The van der Waals surface area contributed by atoms with Crippen LogP contribution in [0, 0.1) is 0 Å². The van der Waals surface area contributed by atoms with Gasteiger partial charge >= 0.3 is 5.97 Å². The summed E-state index contributed by atoms with van der Waals surface area (Å²) in [6.07, 6.45) is 0.924. The van der Waals surface area contributed by atoms with Gasteiger partial charge in [-0.3, -0.25) is 0 Å². The number of aliphatic hydroxyl groups is 1. The SMILES string of the molecule is COC(=O)C(O)Cc1ccc[nH]1. The number of esters is 1. The summed E-state index contributed by atoms with van der Waals surface area (Å²) in [5, 5.41) is 9.19. The molecule has 1 unspecified atom stereocenters. The predicted octanol–water partition coefficient (Wildman–Crippen LogP) is 0.0911. The fourth-order valence-electron chi connectivity index (χ4n) is 0.922. The lowest BCUT2D eigenvalue weighted by molar-refractivity contribution is -0.150. The Morgan fingerprint density at radius 2 is 2.58 bits per heavy atom. The van der Waals surface area contributed by atoms with Gasteiger partial charge in [0.1, 0.15) is 0 Å². The first-order valence-electron chi connectivity index (χ1n) is 3.62. The number of aliphatic hydroxyl groups excluding tert-OH is 1. The average molecular weight is 169 g/mol. The summed E-state index contributed by atoms with van der Waals surface area (Å²) in [5.74, 6) is -0.607. The van der Waals surface area contributed by atoms with Gasteiger partial charge in [-0.2, -0.15) is 0 Å². The van der Waals surface area contributed by atoms with E-state index in [0.717, 1.165) is 5.69 Å². The van der Waals surface area contributed by atoms with E-state index < -0.39 is 12.1 Å². The van der Waals surface area contributed by atoms with E-state index >= 15 is 0 Å². The summed E-state index contributed by atoms with van der Waals surface area (Å²) in [7, 11) is 1.25. The zero-order chi connectivity index (χ0) is 8.97. The minimum atomic E-state index is -1.08. The van der Waals surface area contributed by atoms with Gasteiger partial charge in [0.15, 0.2) is 6.10 Å². The van der Waals surface area contributed by atoms with Crippen molar-refractivity contribution in [3.8, 4) is 0 Å². The Morgan fingerprint density at radius 3 is 3.08 bits per heavy atom. The minimum absolute atomic E-state index is 0.264. The maximum Gasteiger partial charge on any atom is 0.335 e. The normalized spacial score (nSPS) is 12.5. The molecule has 0 saturated heterocycles. The zero-order valence-electron chi connectivity index (χ0n) is 6.78. The van der Waals surface area contributed by atoms with Crippen LogP contribution >= 0.6 is 0 Å². The molecule has 1 aromatic heterocycles. The summed E-state index contributed by atoms with van der Waals surface area (Å²) < 4.78 is 4.36. The molecule has 12 heavy (non-hydrogen) atoms. The van der Waals surface area contributed by atoms with Crippen molar-refractivity contribution in [3.05, 3.63) is 24.0 Å². The molecule has 0 fully saturated rings. The lowest BCUT2D eigenvalue weighted by Crippen LogP contribution is -2.24. The second kappa shape index (κ2) is 3.92. The first kappa shape index (κ1) is 8.80. The van der Waals surface area contributed by atoms with E-state index in [2.05, 4.69) is 9.72 Å². The lowest BCUT2D eigenvalue weighted by Gasteiger charge is -2.05. The van der Waals surface area contributed by atoms with Crippen molar-refractivity contribution in [1.82, 2.24) is 4.98 Å². The second-order valence-electron chi connectivity index (χ2n) is 2.44. The highest BCUT2D eigenvalue weighted by Crippen LogP contribution is 2.00. The number of aromatic amines is 1. The highest BCUT2D eigenvalue weighted by molar-refractivity contribution is 5.74. The number of aromatic nitrogens is 1. The molecule has 0 radical (unpaired) electrons. The van der Waals surface area contributed by atoms with Crippen LogP contribution in [0.5, 0.6) is 0 Å². The molecular weight excluding hydrogens is 158 g/mol.